The van der Waals surface area contributed by atoms with E-state index in [4.69, 9.17) is 10.3 Å². The molecule has 0 aliphatic carbocycles. The summed E-state index contributed by atoms with van der Waals surface area (Å²) in [5.41, 5.74) is 4.29. The van der Waals surface area contributed by atoms with Gasteiger partial charge in [-0.05, 0) is 67.7 Å². The molecule has 0 unspecified atom stereocenters. The van der Waals surface area contributed by atoms with Gasteiger partial charge in [0.05, 0.1) is 17.0 Å². The Kier molecular flexibility index (Phi) is 7.45. The summed E-state index contributed by atoms with van der Waals surface area (Å²) in [6, 6.07) is 10.6. The Balaban J connectivity index is 2.06. The number of carbonyl (C=O) groups is 1. The van der Waals surface area contributed by atoms with Crippen molar-refractivity contribution < 1.29 is 23.9 Å². The number of rotatable bonds is 7. The number of aromatic nitrogens is 1. The van der Waals surface area contributed by atoms with Gasteiger partial charge < -0.3 is 5.11 Å². The number of nitrogens with one attached hydrogen (secondary N) is 1. The van der Waals surface area contributed by atoms with E-state index in [2.05, 4.69) is 4.98 Å². The first kappa shape index (κ1) is 23.2. The number of aliphatic hydroxyl groups is 1. The Morgan fingerprint density at radius 2 is 1.75 bits per heavy atom. The summed E-state index contributed by atoms with van der Waals surface area (Å²) in [5.74, 6) is -2.26. The van der Waals surface area contributed by atoms with Crippen molar-refractivity contribution in [3.63, 3.8) is 0 Å². The minimum absolute atomic E-state index is 0.0803. The number of hydrogen-bond acceptors (Lipinski definition) is 4. The highest BCUT2D eigenvalue weighted by molar-refractivity contribution is 5.96. The maximum absolute atomic E-state index is 15.0. The van der Waals surface area contributed by atoms with Gasteiger partial charge in [-0.2, -0.15) is 0 Å². The molecule has 5 nitrogen and oxygen atoms in total. The molecule has 0 spiro atoms. The number of nitrogens with zero attached hydrogens (tertiary/aromatic N) is 1. The Hall–Kier alpha value is -3.42. The molecular weight excluding hydrogens is 414 g/mol. The zero-order valence-electron chi connectivity index (χ0n) is 17.8. The lowest BCUT2D eigenvalue weighted by atomic mass is 9.97. The van der Waals surface area contributed by atoms with Crippen LogP contribution in [-0.4, -0.2) is 27.8 Å². The SMILES string of the molecule is C/C=C\c1nc(-c2cc(F)c(-c3ccc(CCCO)cc3)c(F)c2)cc(C(=O)NO)c1C. The zero-order chi connectivity index (χ0) is 23.3. The average molecular weight is 438 g/mol. The third-order valence-electron chi connectivity index (χ3n) is 5.18. The molecule has 1 aromatic heterocycles. The molecule has 1 amide bonds. The molecule has 0 radical (unpaired) electrons. The number of hydroxylamine groups is 1. The number of aryl methyl sites for hydroxylation is 1. The third-order valence-corrected chi connectivity index (χ3v) is 5.18. The highest BCUT2D eigenvalue weighted by atomic mass is 19.1. The van der Waals surface area contributed by atoms with E-state index < -0.39 is 17.5 Å². The van der Waals surface area contributed by atoms with Crippen molar-refractivity contribution in [3.05, 3.63) is 82.6 Å². The second kappa shape index (κ2) is 10.3. The molecular formula is C25H24F2N2O3. The summed E-state index contributed by atoms with van der Waals surface area (Å²) in [6.07, 6.45) is 4.70. The number of pyridine rings is 1. The van der Waals surface area contributed by atoms with E-state index in [0.717, 1.165) is 5.56 Å². The monoisotopic (exact) mass is 438 g/mol. The molecule has 0 fully saturated rings. The molecule has 7 heteroatoms. The van der Waals surface area contributed by atoms with Gasteiger partial charge in [0, 0.05) is 17.7 Å². The predicted molar refractivity (Wildman–Crippen MR) is 119 cm³/mol. The Bertz CT molecular complexity index is 1140. The largest absolute Gasteiger partial charge is 0.396 e. The number of aliphatic hydroxyl groups excluding tert-OH is 1. The van der Waals surface area contributed by atoms with E-state index in [1.165, 1.54) is 18.2 Å². The fourth-order valence-electron chi connectivity index (χ4n) is 3.51. The topological polar surface area (TPSA) is 82.5 Å². The highest BCUT2D eigenvalue weighted by Gasteiger charge is 2.18. The van der Waals surface area contributed by atoms with Crippen LogP contribution in [0, 0.1) is 18.6 Å². The molecule has 0 saturated carbocycles. The standard InChI is InChI=1S/C25H24F2N2O3/c1-3-5-22-15(2)19(25(31)29-32)14-23(28-22)18-12-20(26)24(21(27)13-18)17-9-7-16(8-10-17)6-4-11-30/h3,5,7-10,12-14,30,32H,4,6,11H2,1-2H3,(H,29,31)/b5-3-. The summed E-state index contributed by atoms with van der Waals surface area (Å²) in [5, 5.41) is 18.0. The maximum Gasteiger partial charge on any atom is 0.275 e. The molecule has 3 aromatic rings. The molecule has 2 aromatic carbocycles. The summed E-state index contributed by atoms with van der Waals surface area (Å²) in [4.78, 5) is 16.5. The first-order chi connectivity index (χ1) is 15.4. The van der Waals surface area contributed by atoms with E-state index in [9.17, 15) is 4.79 Å². The molecule has 0 saturated heterocycles. The van der Waals surface area contributed by atoms with Crippen LogP contribution in [0.25, 0.3) is 28.5 Å². The molecule has 0 bridgehead atoms. The average Bonchev–Trinajstić information content (AvgIpc) is 2.79. The van der Waals surface area contributed by atoms with Crippen molar-refractivity contribution in [1.29, 1.82) is 0 Å². The lowest BCUT2D eigenvalue weighted by molar-refractivity contribution is 0.0705. The van der Waals surface area contributed by atoms with Gasteiger partial charge >= 0.3 is 0 Å². The van der Waals surface area contributed by atoms with E-state index in [-0.39, 0.29) is 29.0 Å². The molecule has 1 heterocycles. The van der Waals surface area contributed by atoms with Crippen molar-refractivity contribution in [2.24, 2.45) is 0 Å². The summed E-state index contributed by atoms with van der Waals surface area (Å²) in [7, 11) is 0. The molecule has 0 aliphatic rings. The van der Waals surface area contributed by atoms with Crippen LogP contribution in [0.3, 0.4) is 0 Å². The number of halogens is 2. The minimum Gasteiger partial charge on any atom is -0.396 e. The lowest BCUT2D eigenvalue weighted by Crippen LogP contribution is -2.20. The van der Waals surface area contributed by atoms with Gasteiger partial charge in [-0.1, -0.05) is 30.3 Å². The third kappa shape index (κ3) is 4.90. The van der Waals surface area contributed by atoms with E-state index in [0.29, 0.717) is 29.7 Å². The van der Waals surface area contributed by atoms with Gasteiger partial charge in [0.1, 0.15) is 11.6 Å². The normalized spacial score (nSPS) is 11.2. The quantitative estimate of drug-likeness (QED) is 0.355. The first-order valence-corrected chi connectivity index (χ1v) is 10.2. The number of amides is 1. The van der Waals surface area contributed by atoms with Crippen LogP contribution in [0.4, 0.5) is 8.78 Å². The Labute approximate surface area is 185 Å². The van der Waals surface area contributed by atoms with Gasteiger partial charge in [-0.15, -0.1) is 0 Å². The van der Waals surface area contributed by atoms with Crippen LogP contribution in [0.5, 0.6) is 0 Å². The minimum atomic E-state index is -0.758. The van der Waals surface area contributed by atoms with E-state index >= 15 is 8.78 Å². The van der Waals surface area contributed by atoms with Crippen molar-refractivity contribution >= 4 is 12.0 Å². The van der Waals surface area contributed by atoms with Crippen molar-refractivity contribution in [2.45, 2.75) is 26.7 Å². The molecule has 32 heavy (non-hydrogen) atoms. The summed E-state index contributed by atoms with van der Waals surface area (Å²) < 4.78 is 30.0. The van der Waals surface area contributed by atoms with E-state index in [1.54, 1.807) is 55.7 Å². The lowest BCUT2D eigenvalue weighted by Gasteiger charge is -2.13. The first-order valence-electron chi connectivity index (χ1n) is 10.2. The van der Waals surface area contributed by atoms with Gasteiger partial charge in [0.15, 0.2) is 0 Å². The van der Waals surface area contributed by atoms with Crippen molar-refractivity contribution in [1.82, 2.24) is 10.5 Å². The molecule has 166 valence electrons. The number of hydrogen-bond donors (Lipinski definition) is 3. The number of benzene rings is 2. The fraction of sp³-hybridized carbons (Fsp3) is 0.200. The predicted octanol–water partition coefficient (Wildman–Crippen LogP) is 5.08. The van der Waals surface area contributed by atoms with Gasteiger partial charge in [-0.25, -0.2) is 19.2 Å². The Morgan fingerprint density at radius 3 is 2.31 bits per heavy atom. The molecule has 0 atom stereocenters. The number of allylic oxidation sites excluding steroid dienone is 1. The van der Waals surface area contributed by atoms with Crippen LogP contribution in [-0.2, 0) is 6.42 Å². The van der Waals surface area contributed by atoms with Gasteiger partial charge in [0.2, 0.25) is 0 Å². The molecule has 3 rings (SSSR count). The van der Waals surface area contributed by atoms with Crippen LogP contribution < -0.4 is 5.48 Å². The molecule has 0 aliphatic heterocycles. The molecule has 3 N–H and O–H groups in total. The van der Waals surface area contributed by atoms with Gasteiger partial charge in [-0.3, -0.25) is 10.0 Å². The smallest absolute Gasteiger partial charge is 0.275 e. The van der Waals surface area contributed by atoms with Crippen LogP contribution in [0.15, 0.2) is 48.5 Å². The fourth-order valence-corrected chi connectivity index (χ4v) is 3.51. The van der Waals surface area contributed by atoms with Crippen LogP contribution in [0.1, 0.15) is 40.5 Å². The summed E-state index contributed by atoms with van der Waals surface area (Å²) in [6.45, 7) is 3.53. The van der Waals surface area contributed by atoms with E-state index in [1.807, 2.05) is 0 Å². The Morgan fingerprint density at radius 1 is 1.09 bits per heavy atom. The second-order valence-corrected chi connectivity index (χ2v) is 7.35. The summed E-state index contributed by atoms with van der Waals surface area (Å²) >= 11 is 0. The van der Waals surface area contributed by atoms with Gasteiger partial charge in [0.25, 0.3) is 5.91 Å². The van der Waals surface area contributed by atoms with Crippen molar-refractivity contribution in [2.75, 3.05) is 6.61 Å². The maximum atomic E-state index is 15.0. The van der Waals surface area contributed by atoms with Crippen LogP contribution in [0.2, 0.25) is 0 Å². The zero-order valence-corrected chi connectivity index (χ0v) is 17.8. The highest BCUT2D eigenvalue weighted by Crippen LogP contribution is 2.32. The number of carbonyl (C=O) groups excluding carboxylic acids is 1. The second-order valence-electron chi connectivity index (χ2n) is 7.35. The van der Waals surface area contributed by atoms with Crippen LogP contribution >= 0.6 is 0 Å². The van der Waals surface area contributed by atoms with Crippen molar-refractivity contribution in [3.8, 4) is 22.4 Å².